The van der Waals surface area contributed by atoms with Crippen molar-refractivity contribution in [3.05, 3.63) is 11.3 Å². The molecule has 2 aliphatic rings. The Balaban J connectivity index is 2.33. The van der Waals surface area contributed by atoms with Gasteiger partial charge in [0.05, 0.1) is 0 Å². The first-order valence-electron chi connectivity index (χ1n) is 4.46. The summed E-state index contributed by atoms with van der Waals surface area (Å²) in [5.74, 6) is -1.82. The predicted octanol–water partition coefficient (Wildman–Crippen LogP) is 2.20. The molecule has 0 spiro atoms. The second kappa shape index (κ2) is 3.00. The number of alkyl halides is 3. The highest BCUT2D eigenvalue weighted by Crippen LogP contribution is 2.42. The maximum Gasteiger partial charge on any atom is 0.399 e. The van der Waals surface area contributed by atoms with Gasteiger partial charge in [0.25, 0.3) is 0 Å². The molecule has 0 fully saturated rings. The van der Waals surface area contributed by atoms with Crippen molar-refractivity contribution in [3.8, 4) is 0 Å². The van der Waals surface area contributed by atoms with Crippen LogP contribution in [-0.4, -0.2) is 18.6 Å². The van der Waals surface area contributed by atoms with Crippen LogP contribution in [0, 0.1) is 5.92 Å². The Hall–Kier alpha value is -1.00. The van der Waals surface area contributed by atoms with E-state index in [1.807, 2.05) is 0 Å². The highest BCUT2D eigenvalue weighted by atomic mass is 19.4. The zero-order valence-corrected chi connectivity index (χ0v) is 7.36. The summed E-state index contributed by atoms with van der Waals surface area (Å²) in [5.41, 5.74) is -0.122. The average Bonchev–Trinajstić information content (AvgIpc) is 2.47. The van der Waals surface area contributed by atoms with Gasteiger partial charge in [0.1, 0.15) is 18.3 Å². The van der Waals surface area contributed by atoms with Crippen molar-refractivity contribution < 1.29 is 22.7 Å². The molecule has 0 aromatic heterocycles. The largest absolute Gasteiger partial charge is 0.496 e. The molecule has 2 nitrogen and oxygen atoms in total. The van der Waals surface area contributed by atoms with Gasteiger partial charge in [-0.05, 0) is 6.42 Å². The molecular weight excluding hydrogens is 197 g/mol. The molecule has 0 aromatic carbocycles. The summed E-state index contributed by atoms with van der Waals surface area (Å²) in [4.78, 5) is 11.3. The van der Waals surface area contributed by atoms with Crippen LogP contribution in [0.2, 0.25) is 0 Å². The summed E-state index contributed by atoms with van der Waals surface area (Å²) in [7, 11) is 0. The lowest BCUT2D eigenvalue weighted by atomic mass is 9.89. The molecule has 0 aromatic rings. The summed E-state index contributed by atoms with van der Waals surface area (Å²) in [6, 6.07) is 0. The van der Waals surface area contributed by atoms with Crippen molar-refractivity contribution in [2.24, 2.45) is 5.92 Å². The van der Waals surface area contributed by atoms with Gasteiger partial charge in [-0.1, -0.05) is 0 Å². The number of carbonyl (C=O) groups is 1. The summed E-state index contributed by atoms with van der Waals surface area (Å²) >= 11 is 0. The van der Waals surface area contributed by atoms with Crippen LogP contribution in [0.1, 0.15) is 19.3 Å². The summed E-state index contributed by atoms with van der Waals surface area (Å²) in [5, 5.41) is 0. The van der Waals surface area contributed by atoms with Crippen molar-refractivity contribution in [1.82, 2.24) is 0 Å². The SMILES string of the molecule is O=C1CCCC2=C1C(C(F)(F)F)CO2. The second-order valence-corrected chi connectivity index (χ2v) is 3.52. The maximum absolute atomic E-state index is 12.4. The molecule has 2 rings (SSSR count). The number of rotatable bonds is 0. The van der Waals surface area contributed by atoms with E-state index >= 15 is 0 Å². The van der Waals surface area contributed by atoms with Crippen molar-refractivity contribution in [1.29, 1.82) is 0 Å². The standard InChI is InChI=1S/C9H9F3O2/c10-9(11,12)5-4-14-7-3-1-2-6(13)8(5)7/h5H,1-4H2. The van der Waals surface area contributed by atoms with Crippen molar-refractivity contribution in [2.45, 2.75) is 25.4 Å². The van der Waals surface area contributed by atoms with E-state index in [4.69, 9.17) is 4.74 Å². The minimum atomic E-state index is -4.36. The smallest absolute Gasteiger partial charge is 0.399 e. The minimum absolute atomic E-state index is 0.122. The van der Waals surface area contributed by atoms with E-state index in [0.29, 0.717) is 12.8 Å². The molecule has 0 N–H and O–H groups in total. The van der Waals surface area contributed by atoms with E-state index in [1.165, 1.54) is 0 Å². The summed E-state index contributed by atoms with van der Waals surface area (Å²) in [6.45, 7) is -0.417. The fourth-order valence-electron chi connectivity index (χ4n) is 1.90. The summed E-state index contributed by atoms with van der Waals surface area (Å²) in [6.07, 6.45) is -3.07. The van der Waals surface area contributed by atoms with Crippen LogP contribution in [0.5, 0.6) is 0 Å². The Morgan fingerprint density at radius 1 is 1.29 bits per heavy atom. The minimum Gasteiger partial charge on any atom is -0.496 e. The monoisotopic (exact) mass is 206 g/mol. The van der Waals surface area contributed by atoms with E-state index in [-0.39, 0.29) is 17.8 Å². The normalized spacial score (nSPS) is 27.6. The number of carbonyl (C=O) groups excluding carboxylic acids is 1. The number of ether oxygens (including phenoxy) is 1. The summed E-state index contributed by atoms with van der Waals surface area (Å²) < 4.78 is 42.2. The average molecular weight is 206 g/mol. The lowest BCUT2D eigenvalue weighted by Crippen LogP contribution is -2.29. The van der Waals surface area contributed by atoms with Crippen LogP contribution in [0.15, 0.2) is 11.3 Å². The molecule has 1 atom stereocenters. The molecule has 78 valence electrons. The van der Waals surface area contributed by atoms with Crippen LogP contribution in [0.4, 0.5) is 13.2 Å². The van der Waals surface area contributed by atoms with Crippen molar-refractivity contribution in [3.63, 3.8) is 0 Å². The fourth-order valence-corrected chi connectivity index (χ4v) is 1.90. The van der Waals surface area contributed by atoms with Crippen LogP contribution in [-0.2, 0) is 9.53 Å². The first-order chi connectivity index (χ1) is 6.50. The Bertz CT molecular complexity index is 304. The number of halogens is 3. The molecule has 5 heteroatoms. The first-order valence-corrected chi connectivity index (χ1v) is 4.46. The van der Waals surface area contributed by atoms with Crippen LogP contribution in [0.25, 0.3) is 0 Å². The van der Waals surface area contributed by atoms with Gasteiger partial charge in [-0.2, -0.15) is 13.2 Å². The third kappa shape index (κ3) is 1.40. The third-order valence-electron chi connectivity index (χ3n) is 2.58. The lowest BCUT2D eigenvalue weighted by molar-refractivity contribution is -0.169. The number of hydrogen-bond donors (Lipinski definition) is 0. The van der Waals surface area contributed by atoms with Crippen molar-refractivity contribution in [2.75, 3.05) is 6.61 Å². The van der Waals surface area contributed by atoms with E-state index < -0.39 is 24.5 Å². The van der Waals surface area contributed by atoms with Gasteiger partial charge in [0.15, 0.2) is 5.78 Å². The Labute approximate surface area is 78.7 Å². The van der Waals surface area contributed by atoms with Gasteiger partial charge in [-0.15, -0.1) is 0 Å². The highest BCUT2D eigenvalue weighted by molar-refractivity contribution is 5.97. The number of hydrogen-bond acceptors (Lipinski definition) is 2. The molecule has 1 heterocycles. The van der Waals surface area contributed by atoms with Gasteiger partial charge in [0, 0.05) is 18.4 Å². The molecule has 14 heavy (non-hydrogen) atoms. The lowest BCUT2D eigenvalue weighted by Gasteiger charge is -2.17. The Morgan fingerprint density at radius 3 is 2.64 bits per heavy atom. The predicted molar refractivity (Wildman–Crippen MR) is 41.4 cm³/mol. The van der Waals surface area contributed by atoms with Crippen molar-refractivity contribution >= 4 is 5.78 Å². The number of allylic oxidation sites excluding steroid dienone is 1. The Morgan fingerprint density at radius 2 is 2.00 bits per heavy atom. The molecule has 1 aliphatic carbocycles. The zero-order chi connectivity index (χ0) is 10.3. The van der Waals surface area contributed by atoms with Gasteiger partial charge in [-0.3, -0.25) is 4.79 Å². The van der Waals surface area contributed by atoms with E-state index in [1.54, 1.807) is 0 Å². The van der Waals surface area contributed by atoms with Gasteiger partial charge in [-0.25, -0.2) is 0 Å². The molecule has 0 amide bonds. The molecule has 1 unspecified atom stereocenters. The molecular formula is C9H9F3O2. The quantitative estimate of drug-likeness (QED) is 0.607. The van der Waals surface area contributed by atoms with Crippen LogP contribution < -0.4 is 0 Å². The third-order valence-corrected chi connectivity index (χ3v) is 2.58. The molecule has 0 bridgehead atoms. The van der Waals surface area contributed by atoms with Crippen LogP contribution >= 0.6 is 0 Å². The van der Waals surface area contributed by atoms with E-state index in [2.05, 4.69) is 0 Å². The maximum atomic E-state index is 12.4. The number of ketones is 1. The van der Waals surface area contributed by atoms with Gasteiger partial charge >= 0.3 is 6.18 Å². The molecule has 0 saturated heterocycles. The molecule has 0 radical (unpaired) electrons. The highest BCUT2D eigenvalue weighted by Gasteiger charge is 2.49. The zero-order valence-electron chi connectivity index (χ0n) is 7.36. The first kappa shape index (κ1) is 9.55. The Kier molecular flexibility index (Phi) is 2.05. The van der Waals surface area contributed by atoms with Gasteiger partial charge < -0.3 is 4.74 Å². The number of Topliss-reactive ketones (excluding diaryl/α,β-unsaturated/α-hetero) is 1. The fraction of sp³-hybridized carbons (Fsp3) is 0.667. The topological polar surface area (TPSA) is 26.3 Å². The second-order valence-electron chi connectivity index (χ2n) is 3.52. The van der Waals surface area contributed by atoms with E-state index in [0.717, 1.165) is 0 Å². The molecule has 1 aliphatic heterocycles. The van der Waals surface area contributed by atoms with Gasteiger partial charge in [0.2, 0.25) is 0 Å². The van der Waals surface area contributed by atoms with Crippen LogP contribution in [0.3, 0.4) is 0 Å². The molecule has 0 saturated carbocycles. The van der Waals surface area contributed by atoms with E-state index in [9.17, 15) is 18.0 Å².